The van der Waals surface area contributed by atoms with Crippen LogP contribution in [0.15, 0.2) is 0 Å². The van der Waals surface area contributed by atoms with Crippen molar-refractivity contribution in [3.05, 3.63) is 0 Å². The first-order chi connectivity index (χ1) is 9.32. The van der Waals surface area contributed by atoms with E-state index in [0.29, 0.717) is 11.8 Å². The van der Waals surface area contributed by atoms with Crippen molar-refractivity contribution >= 4 is 5.97 Å². The van der Waals surface area contributed by atoms with Crippen LogP contribution in [0.4, 0.5) is 0 Å². The first kappa shape index (κ1) is 13.1. The average molecular weight is 279 g/mol. The van der Waals surface area contributed by atoms with E-state index in [0.717, 1.165) is 19.4 Å². The number of likely N-dealkylation sites (tertiary alicyclic amines) is 1. The van der Waals surface area contributed by atoms with Gasteiger partial charge in [0.15, 0.2) is 0 Å². The van der Waals surface area contributed by atoms with Crippen molar-refractivity contribution in [3.63, 3.8) is 0 Å². The molecule has 0 amide bonds. The highest BCUT2D eigenvalue weighted by atomic mass is 16.6. The fourth-order valence-electron chi connectivity index (χ4n) is 6.28. The van der Waals surface area contributed by atoms with E-state index < -0.39 is 5.60 Å². The molecule has 4 fully saturated rings. The molecule has 0 spiro atoms. The smallest absolute Gasteiger partial charge is 0.312 e. The lowest BCUT2D eigenvalue weighted by Crippen LogP contribution is -2.66. The summed E-state index contributed by atoms with van der Waals surface area (Å²) in [5.41, 5.74) is -1.05. The van der Waals surface area contributed by atoms with Crippen LogP contribution in [0, 0.1) is 29.1 Å². The van der Waals surface area contributed by atoms with Gasteiger partial charge in [0, 0.05) is 17.9 Å². The zero-order valence-corrected chi connectivity index (χ0v) is 12.8. The quantitative estimate of drug-likeness (QED) is 0.735. The molecule has 4 nitrogen and oxygen atoms in total. The highest BCUT2D eigenvalue weighted by Crippen LogP contribution is 2.68. The van der Waals surface area contributed by atoms with Gasteiger partial charge in [-0.15, -0.1) is 0 Å². The number of fused-ring (bicyclic) bond motifs is 4. The van der Waals surface area contributed by atoms with E-state index in [1.54, 1.807) is 0 Å². The maximum Gasteiger partial charge on any atom is 0.312 e. The van der Waals surface area contributed by atoms with E-state index in [4.69, 9.17) is 4.74 Å². The van der Waals surface area contributed by atoms with Gasteiger partial charge in [0.2, 0.25) is 0 Å². The molecule has 2 saturated heterocycles. The van der Waals surface area contributed by atoms with Crippen molar-refractivity contribution in [2.45, 2.75) is 51.4 Å². The van der Waals surface area contributed by atoms with E-state index in [1.807, 2.05) is 0 Å². The lowest BCUT2D eigenvalue weighted by atomic mass is 9.53. The van der Waals surface area contributed by atoms with Crippen LogP contribution >= 0.6 is 0 Å². The molecule has 2 unspecified atom stereocenters. The number of aliphatic hydroxyl groups is 1. The van der Waals surface area contributed by atoms with Crippen molar-refractivity contribution in [2.75, 3.05) is 13.6 Å². The van der Waals surface area contributed by atoms with Crippen molar-refractivity contribution < 1.29 is 14.6 Å². The minimum atomic E-state index is -0.869. The molecule has 2 saturated carbocycles. The fourth-order valence-corrected chi connectivity index (χ4v) is 6.28. The molecule has 2 aliphatic heterocycles. The first-order valence-corrected chi connectivity index (χ1v) is 7.95. The minimum absolute atomic E-state index is 0.0362. The van der Waals surface area contributed by atoms with Crippen LogP contribution in [0.3, 0.4) is 0 Å². The highest BCUT2D eigenvalue weighted by molar-refractivity contribution is 5.78. The Bertz CT molecular complexity index is 478. The Balaban J connectivity index is 1.92. The number of carbonyl (C=O) groups is 1. The molecule has 112 valence electrons. The summed E-state index contributed by atoms with van der Waals surface area (Å²) in [6.07, 6.45) is 1.76. The number of carbonyl (C=O) groups excluding carboxylic acids is 1. The maximum absolute atomic E-state index is 12.4. The molecule has 20 heavy (non-hydrogen) atoms. The summed E-state index contributed by atoms with van der Waals surface area (Å²) in [7, 11) is 2.12. The van der Waals surface area contributed by atoms with Crippen LogP contribution in [0.2, 0.25) is 0 Å². The van der Waals surface area contributed by atoms with Crippen LogP contribution in [0.1, 0.15) is 33.6 Å². The summed E-state index contributed by atoms with van der Waals surface area (Å²) in [6, 6.07) is 0.176. The van der Waals surface area contributed by atoms with Crippen molar-refractivity contribution in [1.82, 2.24) is 4.90 Å². The summed E-state index contributed by atoms with van der Waals surface area (Å²) < 4.78 is 5.79. The van der Waals surface area contributed by atoms with E-state index in [-0.39, 0.29) is 35.4 Å². The molecule has 2 aliphatic carbocycles. The van der Waals surface area contributed by atoms with E-state index in [2.05, 4.69) is 32.7 Å². The Morgan fingerprint density at radius 1 is 1.45 bits per heavy atom. The van der Waals surface area contributed by atoms with Crippen LogP contribution < -0.4 is 0 Å². The van der Waals surface area contributed by atoms with Gasteiger partial charge in [-0.05, 0) is 31.7 Å². The standard InChI is InChI=1S/C16H25NO3/c1-8(2)10-11-14(18)20-12(10)13-15(3)9(7-17(13)4)5-6-16(11,15)19/h8-13,19H,5-7H2,1-4H3/t9-,10?,11-,12-,13-,15?,16-/m1/s1. The molecule has 4 aliphatic rings. The van der Waals surface area contributed by atoms with Crippen molar-refractivity contribution in [1.29, 1.82) is 0 Å². The third kappa shape index (κ3) is 1.13. The monoisotopic (exact) mass is 279 g/mol. The normalized spacial score (nSPS) is 57.3. The molecule has 4 heteroatoms. The largest absolute Gasteiger partial charge is 0.460 e. The van der Waals surface area contributed by atoms with Gasteiger partial charge in [0.05, 0.1) is 17.6 Å². The Morgan fingerprint density at radius 3 is 2.80 bits per heavy atom. The first-order valence-electron chi connectivity index (χ1n) is 7.95. The average Bonchev–Trinajstić information content (AvgIpc) is 2.88. The summed E-state index contributed by atoms with van der Waals surface area (Å²) >= 11 is 0. The van der Waals surface area contributed by atoms with Gasteiger partial charge in [-0.3, -0.25) is 9.69 Å². The third-order valence-electron chi connectivity index (χ3n) is 7.12. The van der Waals surface area contributed by atoms with Gasteiger partial charge in [-0.1, -0.05) is 20.8 Å². The second kappa shape index (κ2) is 3.58. The number of hydrogen-bond acceptors (Lipinski definition) is 4. The Kier molecular flexibility index (Phi) is 2.34. The molecule has 0 aromatic carbocycles. The number of hydrogen-bond donors (Lipinski definition) is 1. The number of ether oxygens (including phenoxy) is 1. The molecule has 0 aromatic rings. The van der Waals surface area contributed by atoms with Crippen molar-refractivity contribution in [2.24, 2.45) is 29.1 Å². The maximum atomic E-state index is 12.4. The second-order valence-electron chi connectivity index (χ2n) is 8.03. The van der Waals surface area contributed by atoms with Gasteiger partial charge in [-0.25, -0.2) is 0 Å². The topological polar surface area (TPSA) is 49.8 Å². The number of esters is 1. The van der Waals surface area contributed by atoms with Crippen LogP contribution in [0.5, 0.6) is 0 Å². The van der Waals surface area contributed by atoms with Gasteiger partial charge >= 0.3 is 5.97 Å². The molecule has 2 heterocycles. The summed E-state index contributed by atoms with van der Waals surface area (Å²) in [4.78, 5) is 14.8. The molecular weight excluding hydrogens is 254 g/mol. The molecule has 0 radical (unpaired) electrons. The third-order valence-corrected chi connectivity index (χ3v) is 7.12. The number of likely N-dealkylation sites (N-methyl/N-ethyl adjacent to an activating group) is 1. The van der Waals surface area contributed by atoms with E-state index in [1.165, 1.54) is 0 Å². The SMILES string of the molecule is CC(C)C1[C@H]2OC(=O)[C@@H]1[C@]1(O)CC[C@@H]3CN(C)[C@H]2C31C. The number of nitrogens with zero attached hydrogens (tertiary/aromatic N) is 1. The molecule has 0 aromatic heterocycles. The number of rotatable bonds is 1. The van der Waals surface area contributed by atoms with Crippen LogP contribution in [-0.4, -0.2) is 47.3 Å². The Morgan fingerprint density at radius 2 is 2.15 bits per heavy atom. The highest BCUT2D eigenvalue weighted by Gasteiger charge is 2.78. The molecule has 2 bridgehead atoms. The fraction of sp³-hybridized carbons (Fsp3) is 0.938. The van der Waals surface area contributed by atoms with Gasteiger partial charge in [-0.2, -0.15) is 0 Å². The zero-order valence-electron chi connectivity index (χ0n) is 12.8. The summed E-state index contributed by atoms with van der Waals surface area (Å²) in [5.74, 6) is 0.546. The molecule has 1 N–H and O–H groups in total. The van der Waals surface area contributed by atoms with Crippen LogP contribution in [-0.2, 0) is 9.53 Å². The van der Waals surface area contributed by atoms with Crippen LogP contribution in [0.25, 0.3) is 0 Å². The molecular formula is C16H25NO3. The zero-order chi connectivity index (χ0) is 14.4. The molecule has 7 atom stereocenters. The van der Waals surface area contributed by atoms with Crippen molar-refractivity contribution in [3.8, 4) is 0 Å². The Labute approximate surface area is 120 Å². The van der Waals surface area contributed by atoms with Gasteiger partial charge in [0.25, 0.3) is 0 Å². The minimum Gasteiger partial charge on any atom is -0.460 e. The van der Waals surface area contributed by atoms with Gasteiger partial charge < -0.3 is 9.84 Å². The second-order valence-corrected chi connectivity index (χ2v) is 8.03. The predicted molar refractivity (Wildman–Crippen MR) is 73.9 cm³/mol. The lowest BCUT2D eigenvalue weighted by Gasteiger charge is -2.54. The summed E-state index contributed by atoms with van der Waals surface area (Å²) in [6.45, 7) is 7.53. The van der Waals surface area contributed by atoms with E-state index in [9.17, 15) is 9.90 Å². The Hall–Kier alpha value is -0.610. The summed E-state index contributed by atoms with van der Waals surface area (Å²) in [5, 5.41) is 11.5. The lowest BCUT2D eigenvalue weighted by molar-refractivity contribution is -0.169. The van der Waals surface area contributed by atoms with E-state index >= 15 is 0 Å². The molecule has 4 rings (SSSR count). The predicted octanol–water partition coefficient (Wildman–Crippen LogP) is 1.28. The van der Waals surface area contributed by atoms with Gasteiger partial charge in [0.1, 0.15) is 6.10 Å².